The molecule has 0 radical (unpaired) electrons. The first-order valence-electron chi connectivity index (χ1n) is 6.06. The van der Waals surface area contributed by atoms with Crippen LogP contribution < -0.4 is 5.56 Å². The van der Waals surface area contributed by atoms with Gasteiger partial charge in [0.2, 0.25) is 0 Å². The second kappa shape index (κ2) is 4.86. The van der Waals surface area contributed by atoms with Crippen LogP contribution in [0.3, 0.4) is 0 Å². The van der Waals surface area contributed by atoms with Crippen molar-refractivity contribution in [3.63, 3.8) is 0 Å². The molecular formula is C13H13N3OS2. The molecule has 0 saturated carbocycles. The summed E-state index contributed by atoms with van der Waals surface area (Å²) >= 11 is 3.17. The molecule has 3 rings (SSSR count). The number of hydrogen-bond donors (Lipinski definition) is 0. The number of aromatic nitrogens is 3. The minimum Gasteiger partial charge on any atom is -0.292 e. The standard InChI is InChI=1S/C13H13N3OS2/c1-3-9-4-10-12(19-9)14-7-16(13(10)17)5-11-15-8(2)6-18-11/h4,6-7H,3,5H2,1-2H3. The average molecular weight is 291 g/mol. The molecule has 6 heteroatoms. The number of rotatable bonds is 3. The van der Waals surface area contributed by atoms with Crippen LogP contribution in [0.1, 0.15) is 22.5 Å². The SMILES string of the molecule is CCc1cc2c(=O)n(Cc3nc(C)cs3)cnc2s1. The topological polar surface area (TPSA) is 47.8 Å². The Hall–Kier alpha value is -1.53. The van der Waals surface area contributed by atoms with Crippen LogP contribution in [-0.2, 0) is 13.0 Å². The van der Waals surface area contributed by atoms with Crippen molar-refractivity contribution in [1.82, 2.24) is 14.5 Å². The molecule has 98 valence electrons. The minimum atomic E-state index is 0.0220. The van der Waals surface area contributed by atoms with Gasteiger partial charge in [0, 0.05) is 16.0 Å². The monoisotopic (exact) mass is 291 g/mol. The van der Waals surface area contributed by atoms with E-state index < -0.39 is 0 Å². The summed E-state index contributed by atoms with van der Waals surface area (Å²) in [5.41, 5.74) is 1.01. The fourth-order valence-electron chi connectivity index (χ4n) is 1.92. The maximum absolute atomic E-state index is 12.4. The maximum Gasteiger partial charge on any atom is 0.262 e. The molecule has 0 bridgehead atoms. The summed E-state index contributed by atoms with van der Waals surface area (Å²) in [5, 5.41) is 3.65. The second-order valence-corrected chi connectivity index (χ2v) is 6.40. The van der Waals surface area contributed by atoms with Gasteiger partial charge in [0.15, 0.2) is 0 Å². The number of aryl methyl sites for hydroxylation is 2. The highest BCUT2D eigenvalue weighted by Gasteiger charge is 2.09. The highest BCUT2D eigenvalue weighted by Crippen LogP contribution is 2.21. The Kier molecular flexibility index (Phi) is 3.20. The smallest absolute Gasteiger partial charge is 0.262 e. The number of thiophene rings is 1. The number of fused-ring (bicyclic) bond motifs is 1. The van der Waals surface area contributed by atoms with Gasteiger partial charge >= 0.3 is 0 Å². The van der Waals surface area contributed by atoms with Crippen molar-refractivity contribution >= 4 is 32.9 Å². The predicted octanol–water partition coefficient (Wildman–Crippen LogP) is 2.83. The largest absolute Gasteiger partial charge is 0.292 e. The molecule has 0 atom stereocenters. The van der Waals surface area contributed by atoms with Crippen LogP contribution in [-0.4, -0.2) is 14.5 Å². The first kappa shape index (κ1) is 12.5. The fourth-order valence-corrected chi connectivity index (χ4v) is 3.61. The molecule has 0 aliphatic carbocycles. The lowest BCUT2D eigenvalue weighted by Gasteiger charge is -2.01. The zero-order valence-electron chi connectivity index (χ0n) is 10.7. The first-order valence-corrected chi connectivity index (χ1v) is 7.76. The summed E-state index contributed by atoms with van der Waals surface area (Å²) in [6.07, 6.45) is 2.56. The molecule has 3 heterocycles. The van der Waals surface area contributed by atoms with E-state index in [-0.39, 0.29) is 5.56 Å². The number of hydrogen-bond acceptors (Lipinski definition) is 5. The van der Waals surface area contributed by atoms with E-state index in [0.29, 0.717) is 6.54 Å². The van der Waals surface area contributed by atoms with Gasteiger partial charge in [-0.25, -0.2) is 9.97 Å². The van der Waals surface area contributed by atoms with Gasteiger partial charge < -0.3 is 0 Å². The van der Waals surface area contributed by atoms with Gasteiger partial charge in [-0.1, -0.05) is 6.92 Å². The number of thiazole rings is 1. The Morgan fingerprint density at radius 1 is 1.42 bits per heavy atom. The van der Waals surface area contributed by atoms with E-state index in [9.17, 15) is 4.79 Å². The fraction of sp³-hybridized carbons (Fsp3) is 0.308. The highest BCUT2D eigenvalue weighted by molar-refractivity contribution is 7.18. The average Bonchev–Trinajstić information content (AvgIpc) is 2.99. The van der Waals surface area contributed by atoms with Crippen molar-refractivity contribution < 1.29 is 0 Å². The number of nitrogens with zero attached hydrogens (tertiary/aromatic N) is 3. The first-order chi connectivity index (χ1) is 9.17. The van der Waals surface area contributed by atoms with Crippen LogP contribution >= 0.6 is 22.7 Å². The van der Waals surface area contributed by atoms with E-state index in [4.69, 9.17) is 0 Å². The molecule has 0 saturated heterocycles. The quantitative estimate of drug-likeness (QED) is 0.745. The summed E-state index contributed by atoms with van der Waals surface area (Å²) in [6, 6.07) is 1.96. The molecule has 0 fully saturated rings. The molecule has 0 aliphatic rings. The van der Waals surface area contributed by atoms with Crippen molar-refractivity contribution in [3.8, 4) is 0 Å². The maximum atomic E-state index is 12.4. The molecule has 0 N–H and O–H groups in total. The van der Waals surface area contributed by atoms with Crippen molar-refractivity contribution in [2.45, 2.75) is 26.8 Å². The van der Waals surface area contributed by atoms with Gasteiger partial charge in [0.25, 0.3) is 5.56 Å². The summed E-state index contributed by atoms with van der Waals surface area (Å²) < 4.78 is 1.63. The molecule has 4 nitrogen and oxygen atoms in total. The van der Waals surface area contributed by atoms with E-state index >= 15 is 0 Å². The lowest BCUT2D eigenvalue weighted by atomic mass is 10.3. The van der Waals surface area contributed by atoms with Gasteiger partial charge in [0.05, 0.1) is 18.3 Å². The third-order valence-corrected chi connectivity index (χ3v) is 5.03. The van der Waals surface area contributed by atoms with Crippen molar-refractivity contribution in [1.29, 1.82) is 0 Å². The highest BCUT2D eigenvalue weighted by atomic mass is 32.1. The molecule has 0 spiro atoms. The summed E-state index contributed by atoms with van der Waals surface area (Å²) in [6.45, 7) is 4.54. The molecule has 0 unspecified atom stereocenters. The van der Waals surface area contributed by atoms with Crippen LogP contribution in [0.2, 0.25) is 0 Å². The van der Waals surface area contributed by atoms with Gasteiger partial charge in [-0.15, -0.1) is 22.7 Å². The van der Waals surface area contributed by atoms with E-state index in [2.05, 4.69) is 16.9 Å². The van der Waals surface area contributed by atoms with Crippen LogP contribution in [0.5, 0.6) is 0 Å². The van der Waals surface area contributed by atoms with E-state index in [0.717, 1.165) is 27.3 Å². The summed E-state index contributed by atoms with van der Waals surface area (Å²) in [5.74, 6) is 0. The molecular weight excluding hydrogens is 278 g/mol. The molecule has 0 aliphatic heterocycles. The minimum absolute atomic E-state index is 0.0220. The van der Waals surface area contributed by atoms with Crippen molar-refractivity contribution in [3.05, 3.63) is 43.7 Å². The van der Waals surface area contributed by atoms with E-state index in [1.54, 1.807) is 33.6 Å². The van der Waals surface area contributed by atoms with Gasteiger partial charge in [-0.2, -0.15) is 0 Å². The summed E-state index contributed by atoms with van der Waals surface area (Å²) in [7, 11) is 0. The Bertz CT molecular complexity index is 785. The van der Waals surface area contributed by atoms with Crippen molar-refractivity contribution in [2.24, 2.45) is 0 Å². The molecule has 19 heavy (non-hydrogen) atoms. The zero-order valence-corrected chi connectivity index (χ0v) is 12.3. The lowest BCUT2D eigenvalue weighted by Crippen LogP contribution is -2.20. The molecule has 3 aromatic rings. The lowest BCUT2D eigenvalue weighted by molar-refractivity contribution is 0.742. The third-order valence-electron chi connectivity index (χ3n) is 2.89. The van der Waals surface area contributed by atoms with E-state index in [1.165, 1.54) is 4.88 Å². The van der Waals surface area contributed by atoms with Gasteiger partial charge in [0.1, 0.15) is 9.84 Å². The van der Waals surface area contributed by atoms with E-state index in [1.807, 2.05) is 18.4 Å². The van der Waals surface area contributed by atoms with Crippen LogP contribution in [0.25, 0.3) is 10.2 Å². The normalized spacial score (nSPS) is 11.3. The molecule has 0 amide bonds. The van der Waals surface area contributed by atoms with Crippen LogP contribution in [0.4, 0.5) is 0 Å². The molecule has 0 aromatic carbocycles. The molecule has 3 aromatic heterocycles. The Labute approximate surface area is 118 Å². The van der Waals surface area contributed by atoms with Crippen molar-refractivity contribution in [2.75, 3.05) is 0 Å². The Morgan fingerprint density at radius 3 is 2.95 bits per heavy atom. The third kappa shape index (κ3) is 2.33. The Balaban J connectivity index is 2.04. The van der Waals surface area contributed by atoms with Crippen LogP contribution in [0.15, 0.2) is 22.6 Å². The van der Waals surface area contributed by atoms with Gasteiger partial charge in [-0.3, -0.25) is 9.36 Å². The summed E-state index contributed by atoms with van der Waals surface area (Å²) in [4.78, 5) is 23.2. The van der Waals surface area contributed by atoms with Gasteiger partial charge in [-0.05, 0) is 19.4 Å². The Morgan fingerprint density at radius 2 is 2.26 bits per heavy atom. The second-order valence-electron chi connectivity index (χ2n) is 4.35. The van der Waals surface area contributed by atoms with Crippen LogP contribution in [0, 0.1) is 6.92 Å². The zero-order chi connectivity index (χ0) is 13.4. The predicted molar refractivity (Wildman–Crippen MR) is 79.2 cm³/mol.